The van der Waals surface area contributed by atoms with Gasteiger partial charge < -0.3 is 0 Å². The van der Waals surface area contributed by atoms with Crippen LogP contribution < -0.4 is 0 Å². The highest BCUT2D eigenvalue weighted by molar-refractivity contribution is 7.07. The molecule has 1 atom stereocenters. The van der Waals surface area contributed by atoms with E-state index in [1.54, 1.807) is 0 Å². The molecular weight excluding hydrogens is 176 g/mol. The third-order valence-corrected chi connectivity index (χ3v) is 3.27. The van der Waals surface area contributed by atoms with E-state index in [-0.39, 0.29) is 0 Å². The Morgan fingerprint density at radius 2 is 2.08 bits per heavy atom. The minimum atomic E-state index is 0.400. The molecule has 0 aromatic carbocycles. The van der Waals surface area contributed by atoms with Crippen molar-refractivity contribution >= 4 is 11.3 Å². The predicted octanol–water partition coefficient (Wildman–Crippen LogP) is 4.68. The van der Waals surface area contributed by atoms with Crippen LogP contribution in [-0.4, -0.2) is 0 Å². The molecule has 0 aliphatic carbocycles. The highest BCUT2D eigenvalue weighted by Gasteiger charge is 2.25. The topological polar surface area (TPSA) is 0 Å². The molecule has 13 heavy (non-hydrogen) atoms. The average Bonchev–Trinajstić information content (AvgIpc) is 2.49. The molecule has 0 fully saturated rings. The van der Waals surface area contributed by atoms with Crippen LogP contribution in [-0.2, 0) is 0 Å². The predicted molar refractivity (Wildman–Crippen MR) is 61.4 cm³/mol. The molecule has 1 heterocycles. The van der Waals surface area contributed by atoms with Gasteiger partial charge in [0.1, 0.15) is 0 Å². The minimum Gasteiger partial charge on any atom is -0.152 e. The summed E-state index contributed by atoms with van der Waals surface area (Å²) in [6.07, 6.45) is 2.58. The van der Waals surface area contributed by atoms with Crippen LogP contribution in [0.15, 0.2) is 16.8 Å². The minimum absolute atomic E-state index is 0.400. The molecule has 1 unspecified atom stereocenters. The van der Waals surface area contributed by atoms with Gasteiger partial charge in [-0.15, -0.1) is 0 Å². The van der Waals surface area contributed by atoms with Gasteiger partial charge in [0.25, 0.3) is 0 Å². The van der Waals surface area contributed by atoms with E-state index in [0.717, 1.165) is 5.92 Å². The molecule has 0 nitrogen and oxygen atoms in total. The van der Waals surface area contributed by atoms with Gasteiger partial charge in [-0.3, -0.25) is 0 Å². The van der Waals surface area contributed by atoms with Crippen molar-refractivity contribution in [2.75, 3.05) is 0 Å². The van der Waals surface area contributed by atoms with Gasteiger partial charge in [-0.2, -0.15) is 11.3 Å². The molecule has 1 aromatic rings. The Labute approximate surface area is 86.0 Å². The number of hydrogen-bond donors (Lipinski definition) is 0. The van der Waals surface area contributed by atoms with E-state index in [2.05, 4.69) is 44.5 Å². The molecule has 0 spiro atoms. The third-order valence-electron chi connectivity index (χ3n) is 2.57. The summed E-state index contributed by atoms with van der Waals surface area (Å²) in [5.41, 5.74) is 1.93. The van der Waals surface area contributed by atoms with Crippen molar-refractivity contribution in [1.29, 1.82) is 0 Å². The molecule has 0 saturated heterocycles. The molecule has 74 valence electrons. The molecule has 0 N–H and O–H groups in total. The van der Waals surface area contributed by atoms with E-state index >= 15 is 0 Å². The quantitative estimate of drug-likeness (QED) is 0.658. The lowest BCUT2D eigenvalue weighted by Crippen LogP contribution is -2.17. The van der Waals surface area contributed by atoms with Crippen LogP contribution in [0, 0.1) is 5.41 Å². The lowest BCUT2D eigenvalue weighted by molar-refractivity contribution is 0.303. The van der Waals surface area contributed by atoms with Gasteiger partial charge in [-0.05, 0) is 40.1 Å². The Morgan fingerprint density at radius 1 is 1.38 bits per heavy atom. The van der Waals surface area contributed by atoms with Crippen LogP contribution in [0.4, 0.5) is 0 Å². The first-order valence-corrected chi connectivity index (χ1v) is 6.02. The molecule has 0 saturated carbocycles. The van der Waals surface area contributed by atoms with E-state index in [9.17, 15) is 0 Å². The van der Waals surface area contributed by atoms with Gasteiger partial charge in [-0.1, -0.05) is 34.1 Å². The smallest absolute Gasteiger partial charge is 0.00582 e. The highest BCUT2D eigenvalue weighted by Crippen LogP contribution is 2.39. The zero-order chi connectivity index (χ0) is 9.90. The summed E-state index contributed by atoms with van der Waals surface area (Å²) in [4.78, 5) is 0. The average molecular weight is 196 g/mol. The Bertz CT molecular complexity index is 228. The summed E-state index contributed by atoms with van der Waals surface area (Å²) in [6.45, 7) is 9.28. The van der Waals surface area contributed by atoms with Crippen molar-refractivity contribution in [1.82, 2.24) is 0 Å². The molecule has 0 aliphatic rings. The van der Waals surface area contributed by atoms with Crippen LogP contribution in [0.5, 0.6) is 0 Å². The molecule has 0 amide bonds. The summed E-state index contributed by atoms with van der Waals surface area (Å²) in [7, 11) is 0. The zero-order valence-corrected chi connectivity index (χ0v) is 9.95. The fourth-order valence-electron chi connectivity index (χ4n) is 1.86. The van der Waals surface area contributed by atoms with Crippen LogP contribution in [0.1, 0.15) is 52.0 Å². The summed E-state index contributed by atoms with van der Waals surface area (Å²) >= 11 is 1.81. The maximum Gasteiger partial charge on any atom is -0.00582 e. The van der Waals surface area contributed by atoms with Crippen molar-refractivity contribution in [2.45, 2.75) is 46.5 Å². The lowest BCUT2D eigenvalue weighted by atomic mass is 9.75. The van der Waals surface area contributed by atoms with E-state index in [4.69, 9.17) is 0 Å². The summed E-state index contributed by atoms with van der Waals surface area (Å²) in [5, 5.41) is 4.48. The first-order chi connectivity index (χ1) is 6.05. The molecular formula is C12H20S. The lowest BCUT2D eigenvalue weighted by Gasteiger charge is -2.30. The fraction of sp³-hybridized carbons (Fsp3) is 0.667. The van der Waals surface area contributed by atoms with Crippen LogP contribution in [0.3, 0.4) is 0 Å². The monoisotopic (exact) mass is 196 g/mol. The van der Waals surface area contributed by atoms with E-state index < -0.39 is 0 Å². The first-order valence-electron chi connectivity index (χ1n) is 5.07. The Morgan fingerprint density at radius 3 is 2.46 bits per heavy atom. The zero-order valence-electron chi connectivity index (χ0n) is 9.13. The van der Waals surface area contributed by atoms with Crippen molar-refractivity contribution < 1.29 is 0 Å². The van der Waals surface area contributed by atoms with Crippen molar-refractivity contribution in [3.05, 3.63) is 22.4 Å². The van der Waals surface area contributed by atoms with Gasteiger partial charge in [0.2, 0.25) is 0 Å². The molecule has 1 aromatic heterocycles. The largest absolute Gasteiger partial charge is 0.152 e. The van der Waals surface area contributed by atoms with Crippen molar-refractivity contribution in [2.24, 2.45) is 5.41 Å². The van der Waals surface area contributed by atoms with E-state index in [0.29, 0.717) is 5.41 Å². The maximum absolute atomic E-state index is 2.34. The Hall–Kier alpha value is -0.300. The summed E-state index contributed by atoms with van der Waals surface area (Å²) < 4.78 is 0. The summed E-state index contributed by atoms with van der Waals surface area (Å²) in [6, 6.07) is 2.27. The number of rotatable bonds is 3. The van der Waals surface area contributed by atoms with E-state index in [1.165, 1.54) is 18.4 Å². The van der Waals surface area contributed by atoms with Gasteiger partial charge in [0, 0.05) is 0 Å². The fourth-order valence-corrected chi connectivity index (χ4v) is 2.58. The van der Waals surface area contributed by atoms with E-state index in [1.807, 2.05) is 11.3 Å². The summed E-state index contributed by atoms with van der Waals surface area (Å²) in [5.74, 6) is 0.726. The Kier molecular flexibility index (Phi) is 3.55. The van der Waals surface area contributed by atoms with Crippen LogP contribution >= 0.6 is 11.3 Å². The van der Waals surface area contributed by atoms with Crippen LogP contribution in [0.25, 0.3) is 0 Å². The standard InChI is InChI=1S/C12H20S/c1-5-6-11(12(2,3)4)10-7-8-13-9-10/h7-9,11H,5-6H2,1-4H3. The van der Waals surface area contributed by atoms with Crippen molar-refractivity contribution in [3.63, 3.8) is 0 Å². The van der Waals surface area contributed by atoms with Crippen LogP contribution in [0.2, 0.25) is 0 Å². The second-order valence-electron chi connectivity index (χ2n) is 4.76. The highest BCUT2D eigenvalue weighted by atomic mass is 32.1. The molecule has 0 aliphatic heterocycles. The third kappa shape index (κ3) is 2.84. The van der Waals surface area contributed by atoms with Gasteiger partial charge >= 0.3 is 0 Å². The second kappa shape index (κ2) is 4.28. The molecule has 0 bridgehead atoms. The van der Waals surface area contributed by atoms with Gasteiger partial charge in [0.05, 0.1) is 0 Å². The number of thiophene rings is 1. The molecule has 1 heteroatoms. The van der Waals surface area contributed by atoms with Gasteiger partial charge in [-0.25, -0.2) is 0 Å². The molecule has 0 radical (unpaired) electrons. The maximum atomic E-state index is 2.34. The number of hydrogen-bond acceptors (Lipinski definition) is 1. The van der Waals surface area contributed by atoms with Crippen molar-refractivity contribution in [3.8, 4) is 0 Å². The first kappa shape index (κ1) is 10.8. The SMILES string of the molecule is CCCC(c1ccsc1)C(C)(C)C. The normalized spacial score (nSPS) is 14.5. The van der Waals surface area contributed by atoms with Gasteiger partial charge in [0.15, 0.2) is 0 Å². The Balaban J connectivity index is 2.81. The second-order valence-corrected chi connectivity index (χ2v) is 5.54. The molecule has 1 rings (SSSR count).